The molecule has 0 aromatic heterocycles. The Kier molecular flexibility index (Phi) is 8.33. The summed E-state index contributed by atoms with van der Waals surface area (Å²) in [4.78, 5) is 0. The Balaban J connectivity index is 0.000000671. The van der Waals surface area contributed by atoms with E-state index < -0.39 is 6.48 Å². The molecule has 13 heavy (non-hydrogen) atoms. The summed E-state index contributed by atoms with van der Waals surface area (Å²) >= 11 is 0. The minimum absolute atomic E-state index is 0.0246. The number of ether oxygens (including phenoxy) is 4. The van der Waals surface area contributed by atoms with Gasteiger partial charge in [0.2, 0.25) is 0 Å². The summed E-state index contributed by atoms with van der Waals surface area (Å²) in [6, 6.07) is 0. The zero-order valence-electron chi connectivity index (χ0n) is 8.91. The fourth-order valence-electron chi connectivity index (χ4n) is 0.918. The van der Waals surface area contributed by atoms with Crippen LogP contribution in [0.4, 0.5) is 0 Å². The van der Waals surface area contributed by atoms with E-state index in [9.17, 15) is 0 Å². The number of hydrogen-bond acceptors (Lipinski definition) is 4. The third-order valence-corrected chi connectivity index (χ3v) is 1.38. The lowest BCUT2D eigenvalue weighted by Gasteiger charge is -2.09. The third-order valence-electron chi connectivity index (χ3n) is 1.38. The second-order valence-corrected chi connectivity index (χ2v) is 2.29. The number of hydrogen-bond donors (Lipinski definition) is 0. The van der Waals surface area contributed by atoms with Gasteiger partial charge in [0, 0.05) is 13.7 Å². The van der Waals surface area contributed by atoms with Gasteiger partial charge in [0.05, 0.1) is 13.2 Å². The first-order valence-electron chi connectivity index (χ1n) is 4.74. The van der Waals surface area contributed by atoms with Crippen LogP contribution in [-0.2, 0) is 18.9 Å². The van der Waals surface area contributed by atoms with Gasteiger partial charge < -0.3 is 18.9 Å². The van der Waals surface area contributed by atoms with Crippen LogP contribution in [-0.4, -0.2) is 39.5 Å². The first-order chi connectivity index (χ1) is 6.36. The highest BCUT2D eigenvalue weighted by atomic mass is 16.9. The van der Waals surface area contributed by atoms with Crippen LogP contribution >= 0.6 is 0 Å². The number of rotatable bonds is 4. The highest BCUT2D eigenvalue weighted by molar-refractivity contribution is 4.59. The molecule has 4 heteroatoms. The molecule has 0 aromatic rings. The predicted octanol–water partition coefficient (Wildman–Crippen LogP) is 1.39. The quantitative estimate of drug-likeness (QED) is 0.674. The summed E-state index contributed by atoms with van der Waals surface area (Å²) in [6.07, 6.45) is 0.0246. The molecule has 0 bridgehead atoms. The van der Waals surface area contributed by atoms with Crippen LogP contribution in [0.5, 0.6) is 0 Å². The van der Waals surface area contributed by atoms with Crippen LogP contribution in [0, 0.1) is 0 Å². The zero-order valence-corrected chi connectivity index (χ0v) is 8.91. The van der Waals surface area contributed by atoms with Crippen molar-refractivity contribution in [3.05, 3.63) is 0 Å². The molecule has 0 saturated carbocycles. The van der Waals surface area contributed by atoms with Gasteiger partial charge in [0.25, 0.3) is 6.48 Å². The lowest BCUT2D eigenvalue weighted by Crippen LogP contribution is -2.19. The average Bonchev–Trinajstić information content (AvgIpc) is 2.58. The van der Waals surface area contributed by atoms with Crippen molar-refractivity contribution < 1.29 is 18.9 Å². The van der Waals surface area contributed by atoms with E-state index in [-0.39, 0.29) is 6.10 Å². The Labute approximate surface area is 80.1 Å². The largest absolute Gasteiger partial charge is 0.382 e. The van der Waals surface area contributed by atoms with Gasteiger partial charge >= 0.3 is 0 Å². The second-order valence-electron chi connectivity index (χ2n) is 2.29. The SMILES string of the molecule is CC.CCOC1OCC(COC)O1. The van der Waals surface area contributed by atoms with E-state index in [0.29, 0.717) is 19.8 Å². The van der Waals surface area contributed by atoms with Crippen LogP contribution in [0.25, 0.3) is 0 Å². The van der Waals surface area contributed by atoms with Crippen molar-refractivity contribution in [1.29, 1.82) is 0 Å². The van der Waals surface area contributed by atoms with Crippen molar-refractivity contribution >= 4 is 0 Å². The Morgan fingerprint density at radius 3 is 2.62 bits per heavy atom. The topological polar surface area (TPSA) is 36.9 Å². The maximum atomic E-state index is 5.27. The van der Waals surface area contributed by atoms with E-state index in [1.807, 2.05) is 20.8 Å². The van der Waals surface area contributed by atoms with E-state index in [1.54, 1.807) is 7.11 Å². The van der Waals surface area contributed by atoms with Crippen molar-refractivity contribution in [2.24, 2.45) is 0 Å². The fourth-order valence-corrected chi connectivity index (χ4v) is 0.918. The molecule has 4 nitrogen and oxygen atoms in total. The van der Waals surface area contributed by atoms with Crippen molar-refractivity contribution in [1.82, 2.24) is 0 Å². The molecule has 1 saturated heterocycles. The van der Waals surface area contributed by atoms with Crippen molar-refractivity contribution in [2.45, 2.75) is 33.4 Å². The molecular weight excluding hydrogens is 172 g/mol. The Morgan fingerprint density at radius 1 is 1.38 bits per heavy atom. The standard InChI is InChI=1S/C7H14O4.C2H6/c1-3-9-7-10-5-6(11-7)4-8-2;1-2/h6-7H,3-5H2,1-2H3;1-2H3. The van der Waals surface area contributed by atoms with Gasteiger partial charge in [0.15, 0.2) is 0 Å². The fraction of sp³-hybridized carbons (Fsp3) is 1.00. The maximum Gasteiger partial charge on any atom is 0.272 e. The molecule has 1 heterocycles. The van der Waals surface area contributed by atoms with E-state index >= 15 is 0 Å². The molecule has 1 aliphatic heterocycles. The molecule has 2 atom stereocenters. The summed E-state index contributed by atoms with van der Waals surface area (Å²) in [5.74, 6) is 0. The lowest BCUT2D eigenvalue weighted by atomic mass is 10.4. The molecule has 1 fully saturated rings. The van der Waals surface area contributed by atoms with Gasteiger partial charge in [-0.25, -0.2) is 0 Å². The molecule has 80 valence electrons. The van der Waals surface area contributed by atoms with Crippen molar-refractivity contribution in [2.75, 3.05) is 26.9 Å². The first kappa shape index (κ1) is 12.8. The minimum Gasteiger partial charge on any atom is -0.382 e. The smallest absolute Gasteiger partial charge is 0.272 e. The van der Waals surface area contributed by atoms with Crippen LogP contribution in [0.15, 0.2) is 0 Å². The number of methoxy groups -OCH3 is 1. The monoisotopic (exact) mass is 192 g/mol. The predicted molar refractivity (Wildman–Crippen MR) is 49.5 cm³/mol. The van der Waals surface area contributed by atoms with Crippen molar-refractivity contribution in [3.8, 4) is 0 Å². The van der Waals surface area contributed by atoms with E-state index in [4.69, 9.17) is 18.9 Å². The van der Waals surface area contributed by atoms with Gasteiger partial charge in [0.1, 0.15) is 6.10 Å². The van der Waals surface area contributed by atoms with Crippen LogP contribution < -0.4 is 0 Å². The summed E-state index contributed by atoms with van der Waals surface area (Å²) < 4.78 is 20.4. The normalized spacial score (nSPS) is 26.8. The van der Waals surface area contributed by atoms with E-state index in [0.717, 1.165) is 0 Å². The van der Waals surface area contributed by atoms with Gasteiger partial charge in [-0.3, -0.25) is 0 Å². The van der Waals surface area contributed by atoms with Gasteiger partial charge in [-0.05, 0) is 6.92 Å². The lowest BCUT2D eigenvalue weighted by molar-refractivity contribution is -0.236. The molecule has 0 aliphatic carbocycles. The summed E-state index contributed by atoms with van der Waals surface area (Å²) in [5.41, 5.74) is 0. The summed E-state index contributed by atoms with van der Waals surface area (Å²) in [6.45, 7) is 7.13. The third kappa shape index (κ3) is 5.21. The highest BCUT2D eigenvalue weighted by Gasteiger charge is 2.25. The van der Waals surface area contributed by atoms with Crippen LogP contribution in [0.3, 0.4) is 0 Å². The molecule has 0 amide bonds. The molecule has 2 unspecified atom stereocenters. The summed E-state index contributed by atoms with van der Waals surface area (Å²) in [7, 11) is 1.64. The van der Waals surface area contributed by atoms with E-state index in [1.165, 1.54) is 0 Å². The van der Waals surface area contributed by atoms with Crippen molar-refractivity contribution in [3.63, 3.8) is 0 Å². The zero-order chi connectivity index (χ0) is 10.1. The maximum absolute atomic E-state index is 5.27. The average molecular weight is 192 g/mol. The molecule has 1 aliphatic rings. The molecular formula is C9H20O4. The Hall–Kier alpha value is -0.160. The molecule has 0 radical (unpaired) electrons. The Morgan fingerprint density at radius 2 is 2.08 bits per heavy atom. The first-order valence-corrected chi connectivity index (χ1v) is 4.74. The highest BCUT2D eigenvalue weighted by Crippen LogP contribution is 2.12. The molecule has 0 aromatic carbocycles. The van der Waals surface area contributed by atoms with Gasteiger partial charge in [-0.15, -0.1) is 0 Å². The van der Waals surface area contributed by atoms with Gasteiger partial charge in [-0.2, -0.15) is 0 Å². The molecule has 0 spiro atoms. The van der Waals surface area contributed by atoms with Crippen LogP contribution in [0.2, 0.25) is 0 Å². The second kappa shape index (κ2) is 8.44. The van der Waals surface area contributed by atoms with Gasteiger partial charge in [-0.1, -0.05) is 13.8 Å². The molecule has 0 N–H and O–H groups in total. The Bertz CT molecular complexity index is 95.8. The minimum atomic E-state index is -0.486. The van der Waals surface area contributed by atoms with E-state index in [2.05, 4.69) is 0 Å². The molecule has 1 rings (SSSR count). The van der Waals surface area contributed by atoms with Crippen LogP contribution in [0.1, 0.15) is 20.8 Å². The summed E-state index contributed by atoms with van der Waals surface area (Å²) in [5, 5.41) is 0.